The van der Waals surface area contributed by atoms with E-state index in [9.17, 15) is 4.79 Å². The molecule has 2 aromatic rings. The zero-order valence-electron chi connectivity index (χ0n) is 9.85. The minimum Gasteiger partial charge on any atom is -0.492 e. The van der Waals surface area contributed by atoms with Crippen LogP contribution in [0.5, 0.6) is 5.75 Å². The number of aromatic nitrogens is 1. The molecule has 0 aliphatic rings. The zero-order valence-corrected chi connectivity index (χ0v) is 12.3. The molecule has 2 aromatic heterocycles. The monoisotopic (exact) mass is 325 g/mol. The summed E-state index contributed by atoms with van der Waals surface area (Å²) < 4.78 is 6.41. The number of carbonyl (C=O) groups excluding carboxylic acids is 1. The lowest BCUT2D eigenvalue weighted by atomic mass is 10.1. The molecule has 0 aromatic carbocycles. The van der Waals surface area contributed by atoms with Gasteiger partial charge in [-0.15, -0.1) is 11.3 Å². The molecule has 0 saturated heterocycles. The number of thiophene rings is 1. The highest BCUT2D eigenvalue weighted by Crippen LogP contribution is 2.25. The molecule has 0 N–H and O–H groups in total. The van der Waals surface area contributed by atoms with Gasteiger partial charge in [-0.1, -0.05) is 6.92 Å². The highest BCUT2D eigenvalue weighted by atomic mass is 79.9. The molecule has 0 unspecified atom stereocenters. The summed E-state index contributed by atoms with van der Waals surface area (Å²) in [6, 6.07) is 5.40. The van der Waals surface area contributed by atoms with E-state index >= 15 is 0 Å². The van der Waals surface area contributed by atoms with Crippen molar-refractivity contribution in [3.05, 3.63) is 44.8 Å². The van der Waals surface area contributed by atoms with Crippen LogP contribution in [0.3, 0.4) is 0 Å². The number of hydrogen-bond acceptors (Lipinski definition) is 4. The first kappa shape index (κ1) is 13.2. The maximum absolute atomic E-state index is 12.2. The molecule has 0 aliphatic heterocycles. The molecule has 2 rings (SSSR count). The number of rotatable bonds is 5. The second-order valence-corrected chi connectivity index (χ2v) is 6.15. The molecule has 0 amide bonds. The van der Waals surface area contributed by atoms with Crippen LogP contribution in [-0.4, -0.2) is 17.4 Å². The molecule has 0 fully saturated rings. The Hall–Kier alpha value is -1.20. The van der Waals surface area contributed by atoms with Gasteiger partial charge in [0.1, 0.15) is 5.75 Å². The van der Waals surface area contributed by atoms with Crippen LogP contribution in [0.25, 0.3) is 0 Å². The van der Waals surface area contributed by atoms with Crippen LogP contribution in [0, 0.1) is 0 Å². The van der Waals surface area contributed by atoms with Crippen LogP contribution in [0.4, 0.5) is 0 Å². The van der Waals surface area contributed by atoms with E-state index in [1.807, 2.05) is 13.0 Å². The molecule has 0 spiro atoms. The number of ketones is 1. The Kier molecular flexibility index (Phi) is 4.49. The number of nitrogens with zero attached hydrogens (tertiary/aromatic N) is 1. The van der Waals surface area contributed by atoms with Gasteiger partial charge in [0.2, 0.25) is 5.78 Å². The van der Waals surface area contributed by atoms with Gasteiger partial charge in [0, 0.05) is 11.8 Å². The van der Waals surface area contributed by atoms with E-state index in [0.29, 0.717) is 22.8 Å². The van der Waals surface area contributed by atoms with Crippen molar-refractivity contribution in [3.8, 4) is 5.75 Å². The molecule has 0 radical (unpaired) electrons. The standard InChI is InChI=1S/C13H12BrNO2S/c1-2-5-17-10-6-9(7-15-8-10)13(16)11-3-4-12(14)18-11/h3-4,6-8H,2,5H2,1H3. The van der Waals surface area contributed by atoms with E-state index in [2.05, 4.69) is 20.9 Å². The van der Waals surface area contributed by atoms with Crippen molar-refractivity contribution in [2.45, 2.75) is 13.3 Å². The third-order valence-corrected chi connectivity index (χ3v) is 3.87. The number of halogens is 1. The highest BCUT2D eigenvalue weighted by molar-refractivity contribution is 9.11. The fourth-order valence-corrected chi connectivity index (χ4v) is 2.77. The van der Waals surface area contributed by atoms with Gasteiger partial charge < -0.3 is 4.74 Å². The predicted molar refractivity (Wildman–Crippen MR) is 75.5 cm³/mol. The summed E-state index contributed by atoms with van der Waals surface area (Å²) in [5, 5.41) is 0. The Balaban J connectivity index is 2.20. The maximum Gasteiger partial charge on any atom is 0.204 e. The average Bonchev–Trinajstić information content (AvgIpc) is 2.82. The van der Waals surface area contributed by atoms with E-state index in [4.69, 9.17) is 4.74 Å². The SMILES string of the molecule is CCCOc1cncc(C(=O)c2ccc(Br)s2)c1. The largest absolute Gasteiger partial charge is 0.492 e. The topological polar surface area (TPSA) is 39.2 Å². The van der Waals surface area contributed by atoms with Crippen molar-refractivity contribution >= 4 is 33.0 Å². The lowest BCUT2D eigenvalue weighted by Gasteiger charge is -2.05. The van der Waals surface area contributed by atoms with E-state index in [1.165, 1.54) is 11.3 Å². The van der Waals surface area contributed by atoms with Gasteiger partial charge in [0.25, 0.3) is 0 Å². The maximum atomic E-state index is 12.2. The molecule has 0 bridgehead atoms. The van der Waals surface area contributed by atoms with E-state index in [1.54, 1.807) is 24.5 Å². The van der Waals surface area contributed by atoms with Gasteiger partial charge in [-0.25, -0.2) is 0 Å². The minimum atomic E-state index is -0.0276. The number of hydrogen-bond donors (Lipinski definition) is 0. The predicted octanol–water partition coefficient (Wildman–Crippen LogP) is 3.93. The summed E-state index contributed by atoms with van der Waals surface area (Å²) in [6.45, 7) is 2.66. The Morgan fingerprint density at radius 2 is 2.28 bits per heavy atom. The summed E-state index contributed by atoms with van der Waals surface area (Å²) in [6.07, 6.45) is 4.11. The first-order valence-corrected chi connectivity index (χ1v) is 7.19. The normalized spacial score (nSPS) is 10.3. The van der Waals surface area contributed by atoms with Crippen molar-refractivity contribution < 1.29 is 9.53 Å². The molecular weight excluding hydrogens is 314 g/mol. The quantitative estimate of drug-likeness (QED) is 0.782. The van der Waals surface area contributed by atoms with Crippen molar-refractivity contribution in [2.75, 3.05) is 6.61 Å². The average molecular weight is 326 g/mol. The van der Waals surface area contributed by atoms with E-state index in [-0.39, 0.29) is 5.78 Å². The Bertz CT molecular complexity index is 553. The van der Waals surface area contributed by atoms with Crippen LogP contribution in [0.2, 0.25) is 0 Å². The smallest absolute Gasteiger partial charge is 0.204 e. The third kappa shape index (κ3) is 3.17. The summed E-state index contributed by atoms with van der Waals surface area (Å²) in [5.41, 5.74) is 0.554. The number of carbonyl (C=O) groups is 1. The molecule has 0 saturated carbocycles. The Morgan fingerprint density at radius 1 is 1.44 bits per heavy atom. The van der Waals surface area contributed by atoms with Gasteiger partial charge in [0.15, 0.2) is 0 Å². The van der Waals surface area contributed by atoms with Crippen LogP contribution in [0.1, 0.15) is 28.6 Å². The summed E-state index contributed by atoms with van der Waals surface area (Å²) >= 11 is 4.76. The summed E-state index contributed by atoms with van der Waals surface area (Å²) in [5.74, 6) is 0.610. The van der Waals surface area contributed by atoms with Crippen molar-refractivity contribution in [3.63, 3.8) is 0 Å². The molecule has 2 heterocycles. The van der Waals surface area contributed by atoms with E-state index < -0.39 is 0 Å². The summed E-state index contributed by atoms with van der Waals surface area (Å²) in [7, 11) is 0. The second kappa shape index (κ2) is 6.11. The molecule has 5 heteroatoms. The highest BCUT2D eigenvalue weighted by Gasteiger charge is 2.12. The van der Waals surface area contributed by atoms with Crippen LogP contribution < -0.4 is 4.74 Å². The molecule has 94 valence electrons. The van der Waals surface area contributed by atoms with Crippen molar-refractivity contribution in [2.24, 2.45) is 0 Å². The van der Waals surface area contributed by atoms with Gasteiger partial charge in [0.05, 0.1) is 21.5 Å². The van der Waals surface area contributed by atoms with Gasteiger partial charge in [-0.05, 0) is 40.5 Å². The number of pyridine rings is 1. The fraction of sp³-hybridized carbons (Fsp3) is 0.231. The number of ether oxygens (including phenoxy) is 1. The van der Waals surface area contributed by atoms with Gasteiger partial charge >= 0.3 is 0 Å². The molecule has 3 nitrogen and oxygen atoms in total. The Labute approximate surface area is 118 Å². The molecule has 0 aliphatic carbocycles. The summed E-state index contributed by atoms with van der Waals surface area (Å²) in [4.78, 5) is 16.9. The van der Waals surface area contributed by atoms with Crippen molar-refractivity contribution in [1.82, 2.24) is 4.98 Å². The zero-order chi connectivity index (χ0) is 13.0. The Morgan fingerprint density at radius 3 is 2.94 bits per heavy atom. The van der Waals surface area contributed by atoms with Crippen LogP contribution >= 0.6 is 27.3 Å². The molecular formula is C13H12BrNO2S. The van der Waals surface area contributed by atoms with Gasteiger partial charge in [-0.2, -0.15) is 0 Å². The first-order valence-electron chi connectivity index (χ1n) is 5.58. The van der Waals surface area contributed by atoms with Gasteiger partial charge in [-0.3, -0.25) is 9.78 Å². The lowest BCUT2D eigenvalue weighted by molar-refractivity contribution is 0.104. The van der Waals surface area contributed by atoms with E-state index in [0.717, 1.165) is 10.2 Å². The van der Waals surface area contributed by atoms with Crippen LogP contribution in [0.15, 0.2) is 34.4 Å². The van der Waals surface area contributed by atoms with Crippen LogP contribution in [-0.2, 0) is 0 Å². The lowest BCUT2D eigenvalue weighted by Crippen LogP contribution is -2.01. The second-order valence-electron chi connectivity index (χ2n) is 3.69. The van der Waals surface area contributed by atoms with Crippen molar-refractivity contribution in [1.29, 1.82) is 0 Å². The molecule has 18 heavy (non-hydrogen) atoms. The minimum absolute atomic E-state index is 0.0276. The third-order valence-electron chi connectivity index (χ3n) is 2.25. The first-order chi connectivity index (χ1) is 8.70. The molecule has 0 atom stereocenters. The fourth-order valence-electron chi connectivity index (χ4n) is 1.42.